The number of aromatic nitrogens is 4. The van der Waals surface area contributed by atoms with Gasteiger partial charge < -0.3 is 14.7 Å². The van der Waals surface area contributed by atoms with Crippen molar-refractivity contribution in [3.8, 4) is 0 Å². The zero-order valence-corrected chi connectivity index (χ0v) is 26.4. The number of amides is 2. The number of fused-ring (bicyclic) bond motifs is 1. The van der Waals surface area contributed by atoms with Crippen LogP contribution in [0.2, 0.25) is 0 Å². The molecule has 0 aromatic carbocycles. The Morgan fingerprint density at radius 3 is 2.37 bits per heavy atom. The molecule has 14 nitrogen and oxygen atoms in total. The van der Waals surface area contributed by atoms with Crippen LogP contribution in [0.25, 0.3) is 10.2 Å². The fourth-order valence-electron chi connectivity index (χ4n) is 5.29. The lowest BCUT2D eigenvalue weighted by Gasteiger charge is -2.30. The van der Waals surface area contributed by atoms with Crippen molar-refractivity contribution in [3.63, 3.8) is 0 Å². The number of carbonyl (C=O) groups is 2. The van der Waals surface area contributed by atoms with Crippen LogP contribution < -0.4 is 11.2 Å². The van der Waals surface area contributed by atoms with Crippen LogP contribution in [0.4, 0.5) is 9.59 Å². The van der Waals surface area contributed by atoms with Gasteiger partial charge in [0.15, 0.2) is 0 Å². The zero-order valence-electron chi connectivity index (χ0n) is 24.8. The Balaban J connectivity index is 1.62. The number of sulfonamides is 1. The standard InChI is InChI=1S/C27H36N6O8S2/c1-26(2,3)41-25(38)33(27(4)8-9-27)43(39,40)20-12-19-21(34)31(16-18-13-28-29(5)14-18)23(35)32(22(19)42-20)15-17-6-10-30(11-7-17)24(36)37/h12-14,17H,6-11,15-16H2,1-5H3,(H,36,37). The molecule has 2 aliphatic rings. The molecule has 0 atom stereocenters. The maximum absolute atomic E-state index is 14.1. The number of ether oxygens (including phenoxy) is 1. The topological polar surface area (TPSA) is 166 Å². The summed E-state index contributed by atoms with van der Waals surface area (Å²) in [6.45, 7) is 7.32. The monoisotopic (exact) mass is 636 g/mol. The Hall–Kier alpha value is -3.66. The molecule has 234 valence electrons. The van der Waals surface area contributed by atoms with Gasteiger partial charge >= 0.3 is 17.9 Å². The smallest absolute Gasteiger partial charge is 0.424 e. The highest BCUT2D eigenvalue weighted by Gasteiger charge is 2.54. The van der Waals surface area contributed by atoms with E-state index in [2.05, 4.69) is 5.10 Å². The van der Waals surface area contributed by atoms with Gasteiger partial charge in [-0.15, -0.1) is 11.3 Å². The van der Waals surface area contributed by atoms with Gasteiger partial charge in [0.2, 0.25) is 0 Å². The molecule has 3 aromatic rings. The normalized spacial score (nSPS) is 17.3. The summed E-state index contributed by atoms with van der Waals surface area (Å²) in [5.41, 5.74) is -2.54. The average molecular weight is 637 g/mol. The molecule has 43 heavy (non-hydrogen) atoms. The van der Waals surface area contributed by atoms with Gasteiger partial charge in [-0.3, -0.25) is 18.6 Å². The molecular weight excluding hydrogens is 600 g/mol. The van der Waals surface area contributed by atoms with Gasteiger partial charge in [-0.1, -0.05) is 0 Å². The van der Waals surface area contributed by atoms with Crippen LogP contribution in [0.1, 0.15) is 58.9 Å². The summed E-state index contributed by atoms with van der Waals surface area (Å²) in [5, 5.41) is 13.5. The molecule has 1 N–H and O–H groups in total. The van der Waals surface area contributed by atoms with Crippen molar-refractivity contribution in [1.82, 2.24) is 28.1 Å². The van der Waals surface area contributed by atoms with E-state index in [1.165, 1.54) is 15.5 Å². The fourth-order valence-corrected chi connectivity index (χ4v) is 8.50. The highest BCUT2D eigenvalue weighted by Crippen LogP contribution is 2.46. The molecule has 16 heteroatoms. The molecule has 4 heterocycles. The van der Waals surface area contributed by atoms with Gasteiger partial charge in [0.25, 0.3) is 15.6 Å². The third kappa shape index (κ3) is 6.07. The number of nitrogens with zero attached hydrogens (tertiary/aromatic N) is 6. The van der Waals surface area contributed by atoms with Crippen LogP contribution in [0.5, 0.6) is 0 Å². The minimum Gasteiger partial charge on any atom is -0.465 e. The summed E-state index contributed by atoms with van der Waals surface area (Å²) in [6.07, 6.45) is 3.16. The summed E-state index contributed by atoms with van der Waals surface area (Å²) >= 11 is 0.771. The van der Waals surface area contributed by atoms with Crippen LogP contribution in [-0.4, -0.2) is 78.1 Å². The molecule has 1 saturated heterocycles. The van der Waals surface area contributed by atoms with E-state index in [-0.39, 0.29) is 33.4 Å². The van der Waals surface area contributed by atoms with Gasteiger partial charge in [-0.25, -0.2) is 14.4 Å². The summed E-state index contributed by atoms with van der Waals surface area (Å²) < 4.78 is 38.1. The highest BCUT2D eigenvalue weighted by atomic mass is 32.2. The Morgan fingerprint density at radius 1 is 1.19 bits per heavy atom. The summed E-state index contributed by atoms with van der Waals surface area (Å²) in [6, 6.07) is 1.24. The molecule has 0 spiro atoms. The third-order valence-corrected chi connectivity index (χ3v) is 11.3. The van der Waals surface area contributed by atoms with E-state index in [9.17, 15) is 32.7 Å². The summed E-state index contributed by atoms with van der Waals surface area (Å²) in [4.78, 5) is 53.7. The first-order valence-corrected chi connectivity index (χ1v) is 16.3. The maximum atomic E-state index is 14.1. The molecule has 0 radical (unpaired) electrons. The summed E-state index contributed by atoms with van der Waals surface area (Å²) in [7, 11) is -2.75. The van der Waals surface area contributed by atoms with E-state index >= 15 is 0 Å². The average Bonchev–Trinajstić information content (AvgIpc) is 3.28. The molecule has 1 aliphatic heterocycles. The van der Waals surface area contributed by atoms with Crippen molar-refractivity contribution >= 4 is 43.8 Å². The number of hydrogen-bond acceptors (Lipinski definition) is 9. The van der Waals surface area contributed by atoms with E-state index < -0.39 is 44.6 Å². The number of aryl methyl sites for hydroxylation is 1. The molecule has 2 amide bonds. The molecule has 5 rings (SSSR count). The largest absolute Gasteiger partial charge is 0.465 e. The van der Waals surface area contributed by atoms with E-state index in [0.717, 1.165) is 20.2 Å². The van der Waals surface area contributed by atoms with Crippen LogP contribution in [0.3, 0.4) is 0 Å². The summed E-state index contributed by atoms with van der Waals surface area (Å²) in [5.74, 6) is -0.0772. The van der Waals surface area contributed by atoms with Crippen molar-refractivity contribution in [2.75, 3.05) is 13.1 Å². The first kappa shape index (κ1) is 30.8. The van der Waals surface area contributed by atoms with Gasteiger partial charge in [0.1, 0.15) is 14.6 Å². The quantitative estimate of drug-likeness (QED) is 0.410. The minimum atomic E-state index is -4.47. The lowest BCUT2D eigenvalue weighted by molar-refractivity contribution is 0.0332. The van der Waals surface area contributed by atoms with Gasteiger partial charge in [0.05, 0.1) is 23.7 Å². The van der Waals surface area contributed by atoms with Crippen LogP contribution in [0, 0.1) is 5.92 Å². The van der Waals surface area contributed by atoms with E-state index in [0.29, 0.717) is 44.3 Å². The van der Waals surface area contributed by atoms with E-state index in [1.54, 1.807) is 51.8 Å². The number of carboxylic acid groups (broad SMARTS) is 1. The third-order valence-electron chi connectivity index (χ3n) is 7.82. The second-order valence-corrected chi connectivity index (χ2v) is 15.6. The second-order valence-electron chi connectivity index (χ2n) is 12.6. The lowest BCUT2D eigenvalue weighted by atomic mass is 9.97. The Kier molecular flexibility index (Phi) is 7.74. The molecule has 1 aliphatic carbocycles. The van der Waals surface area contributed by atoms with Crippen molar-refractivity contribution in [1.29, 1.82) is 0 Å². The highest BCUT2D eigenvalue weighted by molar-refractivity contribution is 7.92. The molecule has 2 fully saturated rings. The number of rotatable bonds is 7. The van der Waals surface area contributed by atoms with Crippen LogP contribution in [0.15, 0.2) is 32.3 Å². The van der Waals surface area contributed by atoms with E-state index in [4.69, 9.17) is 4.74 Å². The van der Waals surface area contributed by atoms with Crippen LogP contribution >= 0.6 is 11.3 Å². The number of hydrogen-bond donors (Lipinski definition) is 1. The van der Waals surface area contributed by atoms with Crippen molar-refractivity contribution in [2.45, 2.75) is 81.8 Å². The number of piperidine rings is 1. The molecule has 0 bridgehead atoms. The van der Waals surface area contributed by atoms with Gasteiger partial charge in [-0.2, -0.15) is 17.8 Å². The number of likely N-dealkylation sites (tertiary alicyclic amines) is 1. The van der Waals surface area contributed by atoms with Crippen molar-refractivity contribution in [2.24, 2.45) is 13.0 Å². The van der Waals surface area contributed by atoms with Crippen molar-refractivity contribution in [3.05, 3.63) is 44.9 Å². The molecule has 1 saturated carbocycles. The Morgan fingerprint density at radius 2 is 1.84 bits per heavy atom. The lowest BCUT2D eigenvalue weighted by Crippen LogP contribution is -2.47. The fraction of sp³-hybridized carbons (Fsp3) is 0.593. The van der Waals surface area contributed by atoms with Gasteiger partial charge in [-0.05, 0) is 65.4 Å². The predicted octanol–water partition coefficient (Wildman–Crippen LogP) is 2.87. The van der Waals surface area contributed by atoms with Crippen molar-refractivity contribution < 1.29 is 27.9 Å². The molecular formula is C27H36N6O8S2. The molecule has 3 aromatic heterocycles. The zero-order chi connectivity index (χ0) is 31.5. The number of carbonyl (C=O) groups excluding carboxylic acids is 1. The van der Waals surface area contributed by atoms with Gasteiger partial charge in [0, 0.05) is 38.4 Å². The second kappa shape index (κ2) is 10.8. The molecule has 0 unspecified atom stereocenters. The minimum absolute atomic E-state index is 0.0418. The maximum Gasteiger partial charge on any atom is 0.424 e. The first-order valence-electron chi connectivity index (χ1n) is 14.0. The predicted molar refractivity (Wildman–Crippen MR) is 158 cm³/mol. The van der Waals surface area contributed by atoms with Crippen LogP contribution in [-0.2, 0) is 34.9 Å². The first-order chi connectivity index (χ1) is 20.0. The SMILES string of the molecule is Cn1cc(Cn2c(=O)c3cc(S(=O)(=O)N(C(=O)OC(C)(C)C)C4(C)CC4)sc3n(CC3CCN(C(=O)O)CC3)c2=O)cn1. The Bertz CT molecular complexity index is 1800. The Labute approximate surface area is 252 Å². The number of thiophene rings is 1. The van der Waals surface area contributed by atoms with E-state index in [1.807, 2.05) is 0 Å².